The average molecular weight is 373 g/mol. The predicted molar refractivity (Wildman–Crippen MR) is 103 cm³/mol. The van der Waals surface area contributed by atoms with Gasteiger partial charge in [-0.2, -0.15) is 8.42 Å². The predicted octanol–water partition coefficient (Wildman–Crippen LogP) is 4.34. The van der Waals surface area contributed by atoms with Crippen molar-refractivity contribution in [1.29, 1.82) is 0 Å². The molecule has 4 nitrogen and oxygen atoms in total. The van der Waals surface area contributed by atoms with E-state index in [2.05, 4.69) is 6.92 Å². The minimum Gasteiger partial charge on any atom is -0.307 e. The van der Waals surface area contributed by atoms with Crippen LogP contribution in [0.1, 0.15) is 45.4 Å². The number of carbonyl (C=O) groups is 1. The van der Waals surface area contributed by atoms with E-state index in [-0.39, 0.29) is 41.1 Å². The maximum absolute atomic E-state index is 12.4. The molecule has 0 unspecified atom stereocenters. The Morgan fingerprint density at radius 1 is 0.880 bits per heavy atom. The van der Waals surface area contributed by atoms with Gasteiger partial charge in [0.05, 0.1) is 6.61 Å². The molecule has 0 fully saturated rings. The van der Waals surface area contributed by atoms with Gasteiger partial charge in [-0.1, -0.05) is 75.4 Å². The quantitative estimate of drug-likeness (QED) is 0.373. The molecule has 0 spiro atoms. The molecule has 0 bridgehead atoms. The van der Waals surface area contributed by atoms with Crippen molar-refractivity contribution in [2.75, 3.05) is 6.61 Å². The summed E-state index contributed by atoms with van der Waals surface area (Å²) in [6.45, 7) is 4.44. The van der Waals surface area contributed by atoms with Crippen molar-refractivity contribution in [2.24, 2.45) is 0 Å². The van der Waals surface area contributed by atoms with Gasteiger partial charge < -0.3 is 4.79 Å². The SMILES string of the molecule is C=O.CCCCCCCCOS(=O)(=O)c1cccc2ccccc12.[Na]. The molecule has 2 rings (SSSR count). The van der Waals surface area contributed by atoms with E-state index in [1.807, 2.05) is 37.1 Å². The molecule has 0 aliphatic carbocycles. The molecular weight excluding hydrogens is 347 g/mol. The minimum absolute atomic E-state index is 0. The van der Waals surface area contributed by atoms with Crippen LogP contribution in [0.5, 0.6) is 0 Å². The molecule has 0 saturated carbocycles. The molecule has 0 aliphatic heterocycles. The normalized spacial score (nSPS) is 10.6. The average Bonchev–Trinajstić information content (AvgIpc) is 2.62. The van der Waals surface area contributed by atoms with Crippen molar-refractivity contribution in [3.05, 3.63) is 42.5 Å². The summed E-state index contributed by atoms with van der Waals surface area (Å²) in [7, 11) is -3.68. The van der Waals surface area contributed by atoms with Gasteiger partial charge in [0, 0.05) is 34.9 Å². The minimum atomic E-state index is -3.68. The maximum atomic E-state index is 12.4. The van der Waals surface area contributed by atoms with Crippen LogP contribution in [0.15, 0.2) is 47.4 Å². The van der Waals surface area contributed by atoms with Crippen molar-refractivity contribution >= 4 is 57.2 Å². The van der Waals surface area contributed by atoms with Gasteiger partial charge in [-0.05, 0) is 17.9 Å². The van der Waals surface area contributed by atoms with Crippen molar-refractivity contribution in [2.45, 2.75) is 50.3 Å². The fourth-order valence-corrected chi connectivity index (χ4v) is 3.69. The zero-order valence-corrected chi connectivity index (χ0v) is 18.1. The monoisotopic (exact) mass is 373 g/mol. The number of fused-ring (bicyclic) bond motifs is 1. The number of hydrogen-bond acceptors (Lipinski definition) is 4. The van der Waals surface area contributed by atoms with E-state index >= 15 is 0 Å². The van der Waals surface area contributed by atoms with E-state index in [0.29, 0.717) is 5.39 Å². The van der Waals surface area contributed by atoms with Crippen molar-refractivity contribution in [3.8, 4) is 0 Å². The molecule has 0 amide bonds. The van der Waals surface area contributed by atoms with Crippen LogP contribution in [0, 0.1) is 0 Å². The van der Waals surface area contributed by atoms with Crippen molar-refractivity contribution < 1.29 is 17.4 Å². The Labute approximate surface area is 173 Å². The third-order valence-corrected chi connectivity index (χ3v) is 5.13. The molecule has 0 saturated heterocycles. The first-order valence-corrected chi connectivity index (χ1v) is 9.72. The van der Waals surface area contributed by atoms with Crippen LogP contribution in [0.2, 0.25) is 0 Å². The van der Waals surface area contributed by atoms with Gasteiger partial charge >= 0.3 is 0 Å². The van der Waals surface area contributed by atoms with Crippen LogP contribution >= 0.6 is 0 Å². The first kappa shape index (κ1) is 24.3. The summed E-state index contributed by atoms with van der Waals surface area (Å²) in [6.07, 6.45) is 6.62. The Kier molecular flexibility index (Phi) is 13.1. The summed E-state index contributed by atoms with van der Waals surface area (Å²) in [5.74, 6) is 0. The molecule has 2 aromatic carbocycles. The van der Waals surface area contributed by atoms with Crippen LogP contribution < -0.4 is 0 Å². The van der Waals surface area contributed by atoms with E-state index in [0.717, 1.165) is 24.6 Å². The Bertz CT molecular complexity index is 711. The molecule has 2 aromatic rings. The molecule has 1 radical (unpaired) electrons. The molecule has 0 aromatic heterocycles. The summed E-state index contributed by atoms with van der Waals surface area (Å²) < 4.78 is 29.9. The van der Waals surface area contributed by atoms with Gasteiger partial charge in [-0.3, -0.25) is 4.18 Å². The number of unbranched alkanes of at least 4 members (excludes halogenated alkanes) is 5. The third-order valence-electron chi connectivity index (χ3n) is 3.76. The fourth-order valence-electron chi connectivity index (χ4n) is 2.53. The van der Waals surface area contributed by atoms with Gasteiger partial charge in [0.2, 0.25) is 0 Å². The molecule has 0 heterocycles. The van der Waals surface area contributed by atoms with Crippen LogP contribution in [-0.4, -0.2) is 51.4 Å². The summed E-state index contributed by atoms with van der Waals surface area (Å²) >= 11 is 0. The fraction of sp³-hybridized carbons (Fsp3) is 0.421. The van der Waals surface area contributed by atoms with Crippen LogP contribution in [0.3, 0.4) is 0 Å². The Morgan fingerprint density at radius 3 is 2.20 bits per heavy atom. The van der Waals surface area contributed by atoms with Gasteiger partial charge in [0.15, 0.2) is 0 Å². The number of hydrogen-bond donors (Lipinski definition) is 0. The summed E-state index contributed by atoms with van der Waals surface area (Å²) in [5.41, 5.74) is 0. The summed E-state index contributed by atoms with van der Waals surface area (Å²) in [4.78, 5) is 8.26. The van der Waals surface area contributed by atoms with Crippen LogP contribution in [0.4, 0.5) is 0 Å². The van der Waals surface area contributed by atoms with Gasteiger partial charge in [0.1, 0.15) is 11.7 Å². The standard InChI is InChI=1S/C18H24O3S.CH2O.Na/c1-2-3-4-5-6-9-15-21-22(19,20)18-14-10-12-16-11-7-8-13-17(16)18;1-2;/h7-8,10-14H,2-6,9,15H2,1H3;1H2;. The molecule has 0 aliphatic rings. The zero-order valence-electron chi connectivity index (χ0n) is 15.2. The summed E-state index contributed by atoms with van der Waals surface area (Å²) in [6, 6.07) is 12.7. The Morgan fingerprint density at radius 2 is 1.48 bits per heavy atom. The van der Waals surface area contributed by atoms with Crippen LogP contribution in [-0.2, 0) is 19.1 Å². The topological polar surface area (TPSA) is 60.4 Å². The van der Waals surface area contributed by atoms with E-state index in [9.17, 15) is 8.42 Å². The van der Waals surface area contributed by atoms with E-state index in [1.54, 1.807) is 12.1 Å². The maximum Gasteiger partial charge on any atom is 0.297 e. The largest absolute Gasteiger partial charge is 0.307 e. The van der Waals surface area contributed by atoms with E-state index in [1.165, 1.54) is 19.3 Å². The van der Waals surface area contributed by atoms with Gasteiger partial charge in [-0.25, -0.2) is 0 Å². The Hall–Kier alpha value is -0.720. The first-order valence-electron chi connectivity index (χ1n) is 8.31. The number of carbonyl (C=O) groups excluding carboxylic acids is 1. The second kappa shape index (κ2) is 13.5. The molecule has 0 atom stereocenters. The van der Waals surface area contributed by atoms with E-state index in [4.69, 9.17) is 8.98 Å². The first-order chi connectivity index (χ1) is 11.6. The number of rotatable bonds is 9. The second-order valence-electron chi connectivity index (χ2n) is 5.52. The van der Waals surface area contributed by atoms with Gasteiger partial charge in [-0.15, -0.1) is 0 Å². The summed E-state index contributed by atoms with van der Waals surface area (Å²) in [5, 5.41) is 1.62. The molecule has 133 valence electrons. The Balaban J connectivity index is 0.00000185. The molecule has 6 heteroatoms. The van der Waals surface area contributed by atoms with Crippen molar-refractivity contribution in [1.82, 2.24) is 0 Å². The number of benzene rings is 2. The molecule has 25 heavy (non-hydrogen) atoms. The molecule has 0 N–H and O–H groups in total. The molecular formula is C19H26NaO4S. The van der Waals surface area contributed by atoms with Gasteiger partial charge in [0.25, 0.3) is 10.1 Å². The van der Waals surface area contributed by atoms with Crippen molar-refractivity contribution in [3.63, 3.8) is 0 Å². The van der Waals surface area contributed by atoms with E-state index < -0.39 is 10.1 Å². The zero-order chi connectivity index (χ0) is 17.8. The smallest absolute Gasteiger partial charge is 0.297 e. The second-order valence-corrected chi connectivity index (χ2v) is 7.10. The third kappa shape index (κ3) is 8.01. The van der Waals surface area contributed by atoms with Crippen LogP contribution in [0.25, 0.3) is 10.8 Å².